The molecule has 0 aromatic carbocycles. The highest BCUT2D eigenvalue weighted by Crippen LogP contribution is 2.39. The molecule has 1 aromatic heterocycles. The van der Waals surface area contributed by atoms with E-state index in [1.54, 1.807) is 13.0 Å². The van der Waals surface area contributed by atoms with Crippen molar-refractivity contribution in [1.82, 2.24) is 15.8 Å². The van der Waals surface area contributed by atoms with E-state index in [9.17, 15) is 9.59 Å². The third kappa shape index (κ3) is 2.18. The van der Waals surface area contributed by atoms with E-state index in [0.717, 1.165) is 6.42 Å². The summed E-state index contributed by atoms with van der Waals surface area (Å²) in [7, 11) is 0. The molecular formula is C13H17N3O4. The molecule has 2 fully saturated rings. The van der Waals surface area contributed by atoms with Gasteiger partial charge in [-0.2, -0.15) is 0 Å². The highest BCUT2D eigenvalue weighted by Gasteiger charge is 2.55. The number of nitrogens with zero attached hydrogens (tertiary/aromatic N) is 1. The Morgan fingerprint density at radius 3 is 2.80 bits per heavy atom. The minimum Gasteiger partial charge on any atom is -0.376 e. The molecule has 108 valence electrons. The van der Waals surface area contributed by atoms with Crippen LogP contribution < -0.4 is 10.6 Å². The predicted molar refractivity (Wildman–Crippen MR) is 67.9 cm³/mol. The van der Waals surface area contributed by atoms with Gasteiger partial charge < -0.3 is 19.9 Å². The lowest BCUT2D eigenvalue weighted by Gasteiger charge is -2.47. The van der Waals surface area contributed by atoms with Crippen LogP contribution in [0.3, 0.4) is 0 Å². The summed E-state index contributed by atoms with van der Waals surface area (Å²) in [6, 6.07) is 1.29. The third-order valence-corrected chi connectivity index (χ3v) is 3.91. The molecule has 3 rings (SSSR count). The summed E-state index contributed by atoms with van der Waals surface area (Å²) in [5.74, 6) is 0.00118. The average Bonchev–Trinajstić information content (AvgIpc) is 2.99. The Balaban J connectivity index is 1.68. The van der Waals surface area contributed by atoms with Gasteiger partial charge in [-0.3, -0.25) is 9.59 Å². The van der Waals surface area contributed by atoms with Gasteiger partial charge in [0.05, 0.1) is 23.9 Å². The molecule has 7 heteroatoms. The highest BCUT2D eigenvalue weighted by molar-refractivity contribution is 5.91. The molecule has 1 aromatic rings. The van der Waals surface area contributed by atoms with E-state index in [-0.39, 0.29) is 41.7 Å². The zero-order valence-electron chi connectivity index (χ0n) is 11.4. The molecule has 20 heavy (non-hydrogen) atoms. The molecule has 1 saturated heterocycles. The number of aromatic nitrogens is 1. The van der Waals surface area contributed by atoms with Crippen LogP contribution in [-0.2, 0) is 9.53 Å². The van der Waals surface area contributed by atoms with Crippen molar-refractivity contribution in [3.63, 3.8) is 0 Å². The van der Waals surface area contributed by atoms with Gasteiger partial charge >= 0.3 is 0 Å². The number of hydrogen-bond acceptors (Lipinski definition) is 5. The van der Waals surface area contributed by atoms with Crippen LogP contribution in [0.2, 0.25) is 0 Å². The fourth-order valence-corrected chi connectivity index (χ4v) is 3.00. The monoisotopic (exact) mass is 279 g/mol. The van der Waals surface area contributed by atoms with E-state index in [1.165, 1.54) is 6.92 Å². The lowest BCUT2D eigenvalue weighted by Crippen LogP contribution is -2.70. The minimum absolute atomic E-state index is 0.000613. The Labute approximate surface area is 116 Å². The second-order valence-corrected chi connectivity index (χ2v) is 5.35. The van der Waals surface area contributed by atoms with Crippen molar-refractivity contribution in [3.05, 3.63) is 17.5 Å². The van der Waals surface area contributed by atoms with Gasteiger partial charge in [0, 0.05) is 25.5 Å². The number of carbonyl (C=O) groups excluding carboxylic acids is 2. The number of hydrogen-bond donors (Lipinski definition) is 2. The zero-order valence-corrected chi connectivity index (χ0v) is 11.4. The molecule has 4 atom stereocenters. The van der Waals surface area contributed by atoms with Crippen molar-refractivity contribution in [1.29, 1.82) is 0 Å². The first kappa shape index (κ1) is 13.1. The first-order valence-electron chi connectivity index (χ1n) is 6.69. The standard InChI is InChI=1S/C13H17N3O4/c1-6-5-9(20-16-6)13(18)15-10-8-3-4-19-12(8)11(10)14-7(2)17/h5,8,10-12H,3-4H2,1-2H3,(H,14,17)(H,15,18)/t8-,10+,11-,12-/m1/s1. The van der Waals surface area contributed by atoms with E-state index >= 15 is 0 Å². The maximum Gasteiger partial charge on any atom is 0.290 e. The quantitative estimate of drug-likeness (QED) is 0.812. The normalized spacial score (nSPS) is 31.3. The lowest BCUT2D eigenvalue weighted by molar-refractivity contribution is -0.124. The summed E-state index contributed by atoms with van der Waals surface area (Å²) in [4.78, 5) is 23.3. The smallest absolute Gasteiger partial charge is 0.290 e. The zero-order chi connectivity index (χ0) is 14.3. The van der Waals surface area contributed by atoms with Crippen molar-refractivity contribution in [2.24, 2.45) is 5.92 Å². The minimum atomic E-state index is -0.309. The largest absolute Gasteiger partial charge is 0.376 e. The van der Waals surface area contributed by atoms with Crippen LogP contribution in [0, 0.1) is 12.8 Å². The molecule has 7 nitrogen and oxygen atoms in total. The Bertz CT molecular complexity index is 541. The van der Waals surface area contributed by atoms with Gasteiger partial charge in [-0.05, 0) is 13.3 Å². The van der Waals surface area contributed by atoms with Gasteiger partial charge in [-0.25, -0.2) is 0 Å². The van der Waals surface area contributed by atoms with Crippen LogP contribution in [0.15, 0.2) is 10.6 Å². The molecule has 2 N–H and O–H groups in total. The molecule has 0 unspecified atom stereocenters. The van der Waals surface area contributed by atoms with Crippen molar-refractivity contribution in [2.75, 3.05) is 6.61 Å². The molecule has 1 saturated carbocycles. The first-order valence-corrected chi connectivity index (χ1v) is 6.69. The predicted octanol–water partition coefficient (Wildman–Crippen LogP) is 0.00482. The summed E-state index contributed by atoms with van der Waals surface area (Å²) < 4.78 is 10.5. The Morgan fingerprint density at radius 2 is 2.15 bits per heavy atom. The van der Waals surface area contributed by atoms with Gasteiger partial charge in [0.25, 0.3) is 5.91 Å². The molecule has 1 aliphatic heterocycles. The molecular weight excluding hydrogens is 262 g/mol. The van der Waals surface area contributed by atoms with E-state index in [1.807, 2.05) is 0 Å². The van der Waals surface area contributed by atoms with Gasteiger partial charge in [-0.15, -0.1) is 0 Å². The molecule has 2 heterocycles. The van der Waals surface area contributed by atoms with Crippen LogP contribution in [-0.4, -0.2) is 41.8 Å². The second-order valence-electron chi connectivity index (χ2n) is 5.35. The van der Waals surface area contributed by atoms with E-state index < -0.39 is 0 Å². The van der Waals surface area contributed by atoms with Crippen molar-refractivity contribution in [2.45, 2.75) is 38.5 Å². The molecule has 1 aliphatic carbocycles. The van der Waals surface area contributed by atoms with Gasteiger partial charge in [-0.1, -0.05) is 5.16 Å². The number of ether oxygens (including phenoxy) is 1. The number of carbonyl (C=O) groups is 2. The molecule has 0 bridgehead atoms. The summed E-state index contributed by atoms with van der Waals surface area (Å²) in [5.41, 5.74) is 0.657. The van der Waals surface area contributed by atoms with Gasteiger partial charge in [0.2, 0.25) is 11.7 Å². The number of nitrogens with one attached hydrogen (secondary N) is 2. The fourth-order valence-electron chi connectivity index (χ4n) is 3.00. The van der Waals surface area contributed by atoms with E-state index in [0.29, 0.717) is 12.3 Å². The topological polar surface area (TPSA) is 93.5 Å². The summed E-state index contributed by atoms with van der Waals surface area (Å²) >= 11 is 0. The van der Waals surface area contributed by atoms with Crippen LogP contribution in [0.1, 0.15) is 29.6 Å². The first-order chi connectivity index (χ1) is 9.56. The molecule has 2 aliphatic rings. The van der Waals surface area contributed by atoms with Crippen molar-refractivity contribution < 1.29 is 18.8 Å². The molecule has 0 radical (unpaired) electrons. The number of amides is 2. The maximum atomic E-state index is 12.1. The fraction of sp³-hybridized carbons (Fsp3) is 0.615. The average molecular weight is 279 g/mol. The number of aryl methyl sites for hydroxylation is 1. The summed E-state index contributed by atoms with van der Waals surface area (Å²) in [5, 5.41) is 9.44. The Kier molecular flexibility index (Phi) is 3.21. The van der Waals surface area contributed by atoms with E-state index in [2.05, 4.69) is 15.8 Å². The van der Waals surface area contributed by atoms with Crippen molar-refractivity contribution >= 4 is 11.8 Å². The van der Waals surface area contributed by atoms with Crippen LogP contribution in [0.4, 0.5) is 0 Å². The summed E-state index contributed by atoms with van der Waals surface area (Å²) in [6.07, 6.45) is 0.891. The summed E-state index contributed by atoms with van der Waals surface area (Å²) in [6.45, 7) is 3.88. The second kappa shape index (κ2) is 4.90. The highest BCUT2D eigenvalue weighted by atomic mass is 16.5. The number of fused-ring (bicyclic) bond motifs is 1. The van der Waals surface area contributed by atoms with Crippen LogP contribution in [0.5, 0.6) is 0 Å². The molecule has 2 amide bonds. The van der Waals surface area contributed by atoms with Crippen LogP contribution in [0.25, 0.3) is 0 Å². The SMILES string of the molecule is CC(=O)N[C@@H]1[C@@H](NC(=O)c2cc(C)no2)[C@H]2CCO[C@H]21. The van der Waals surface area contributed by atoms with Gasteiger partial charge in [0.1, 0.15) is 0 Å². The van der Waals surface area contributed by atoms with Gasteiger partial charge in [0.15, 0.2) is 0 Å². The van der Waals surface area contributed by atoms with E-state index in [4.69, 9.17) is 9.26 Å². The van der Waals surface area contributed by atoms with Crippen LogP contribution >= 0.6 is 0 Å². The lowest BCUT2D eigenvalue weighted by atomic mass is 9.71. The number of rotatable bonds is 3. The third-order valence-electron chi connectivity index (χ3n) is 3.91. The Morgan fingerprint density at radius 1 is 1.35 bits per heavy atom. The molecule has 0 spiro atoms. The van der Waals surface area contributed by atoms with Crippen molar-refractivity contribution in [3.8, 4) is 0 Å². The Hall–Kier alpha value is -1.89. The maximum absolute atomic E-state index is 12.1.